The predicted molar refractivity (Wildman–Crippen MR) is 81.4 cm³/mol. The standard InChI is InChI=1S/C17H22O5/c1-11(18)14(17(19)20)9-12-7-8-15(21-2)16(10-12)22-13-5-3-4-6-13/h7-8,10,13-14H,3-6,9H2,1-2H3,(H,19,20). The zero-order chi connectivity index (χ0) is 16.1. The highest BCUT2D eigenvalue weighted by Gasteiger charge is 2.24. The second-order valence-electron chi connectivity index (χ2n) is 5.72. The zero-order valence-electron chi connectivity index (χ0n) is 13.0. The molecule has 0 aliphatic heterocycles. The SMILES string of the molecule is COc1ccc(CC(C(C)=O)C(=O)O)cc1OC1CCCC1. The van der Waals surface area contributed by atoms with Crippen LogP contribution in [-0.4, -0.2) is 30.1 Å². The molecule has 0 radical (unpaired) electrons. The smallest absolute Gasteiger partial charge is 0.314 e. The van der Waals surface area contributed by atoms with Crippen molar-refractivity contribution in [3.05, 3.63) is 23.8 Å². The van der Waals surface area contributed by atoms with Crippen molar-refractivity contribution in [1.82, 2.24) is 0 Å². The number of carbonyl (C=O) groups is 2. The third kappa shape index (κ3) is 4.00. The van der Waals surface area contributed by atoms with E-state index in [1.807, 2.05) is 0 Å². The van der Waals surface area contributed by atoms with Crippen LogP contribution in [0.25, 0.3) is 0 Å². The predicted octanol–water partition coefficient (Wildman–Crippen LogP) is 2.85. The maximum atomic E-state index is 11.4. The van der Waals surface area contributed by atoms with E-state index in [2.05, 4.69) is 0 Å². The van der Waals surface area contributed by atoms with Gasteiger partial charge in [0.1, 0.15) is 11.7 Å². The molecule has 1 atom stereocenters. The van der Waals surface area contributed by atoms with Crippen LogP contribution in [0.1, 0.15) is 38.2 Å². The fourth-order valence-electron chi connectivity index (χ4n) is 2.77. The van der Waals surface area contributed by atoms with E-state index < -0.39 is 11.9 Å². The average Bonchev–Trinajstić information content (AvgIpc) is 2.97. The molecular formula is C17H22O5. The van der Waals surface area contributed by atoms with Crippen LogP contribution in [0.3, 0.4) is 0 Å². The number of aliphatic carboxylic acids is 1. The summed E-state index contributed by atoms with van der Waals surface area (Å²) in [7, 11) is 1.58. The van der Waals surface area contributed by atoms with Gasteiger partial charge in [-0.3, -0.25) is 9.59 Å². The van der Waals surface area contributed by atoms with Gasteiger partial charge >= 0.3 is 5.97 Å². The van der Waals surface area contributed by atoms with Gasteiger partial charge < -0.3 is 14.6 Å². The Balaban J connectivity index is 2.18. The molecule has 1 N–H and O–H groups in total. The van der Waals surface area contributed by atoms with Gasteiger partial charge in [0.05, 0.1) is 13.2 Å². The largest absolute Gasteiger partial charge is 0.493 e. The summed E-state index contributed by atoms with van der Waals surface area (Å²) >= 11 is 0. The highest BCUT2D eigenvalue weighted by atomic mass is 16.5. The molecule has 0 amide bonds. The molecule has 2 rings (SSSR count). The van der Waals surface area contributed by atoms with Crippen molar-refractivity contribution in [2.24, 2.45) is 5.92 Å². The lowest BCUT2D eigenvalue weighted by Crippen LogP contribution is -2.23. The molecule has 0 bridgehead atoms. The number of carboxylic acid groups (broad SMARTS) is 1. The van der Waals surface area contributed by atoms with E-state index in [-0.39, 0.29) is 18.3 Å². The number of Topliss-reactive ketones (excluding diaryl/α,β-unsaturated/α-hetero) is 1. The Bertz CT molecular complexity index is 532. The van der Waals surface area contributed by atoms with Gasteiger partial charge in [-0.15, -0.1) is 0 Å². The number of ether oxygens (including phenoxy) is 2. The highest BCUT2D eigenvalue weighted by molar-refractivity contribution is 5.97. The number of carbonyl (C=O) groups excluding carboxylic acids is 1. The molecule has 1 aromatic carbocycles. The van der Waals surface area contributed by atoms with E-state index in [1.54, 1.807) is 25.3 Å². The van der Waals surface area contributed by atoms with E-state index in [4.69, 9.17) is 14.6 Å². The summed E-state index contributed by atoms with van der Waals surface area (Å²) in [6.45, 7) is 1.30. The Morgan fingerprint density at radius 1 is 1.27 bits per heavy atom. The second-order valence-corrected chi connectivity index (χ2v) is 5.72. The fourth-order valence-corrected chi connectivity index (χ4v) is 2.77. The average molecular weight is 306 g/mol. The van der Waals surface area contributed by atoms with Gasteiger partial charge in [-0.1, -0.05) is 6.07 Å². The topological polar surface area (TPSA) is 72.8 Å². The first-order valence-electron chi connectivity index (χ1n) is 7.58. The fraction of sp³-hybridized carbons (Fsp3) is 0.529. The molecule has 0 aromatic heterocycles. The van der Waals surface area contributed by atoms with E-state index in [0.29, 0.717) is 11.5 Å². The number of methoxy groups -OCH3 is 1. The molecule has 1 fully saturated rings. The zero-order valence-corrected chi connectivity index (χ0v) is 13.0. The van der Waals surface area contributed by atoms with Crippen LogP contribution in [0, 0.1) is 5.92 Å². The van der Waals surface area contributed by atoms with E-state index in [1.165, 1.54) is 6.92 Å². The Morgan fingerprint density at radius 3 is 2.50 bits per heavy atom. The molecular weight excluding hydrogens is 284 g/mol. The molecule has 5 heteroatoms. The molecule has 0 saturated heterocycles. The minimum atomic E-state index is -1.10. The quantitative estimate of drug-likeness (QED) is 0.784. The first-order chi connectivity index (χ1) is 10.5. The van der Waals surface area contributed by atoms with Crippen LogP contribution >= 0.6 is 0 Å². The minimum Gasteiger partial charge on any atom is -0.493 e. The number of benzene rings is 1. The van der Waals surface area contributed by atoms with Crippen LogP contribution in [0.15, 0.2) is 18.2 Å². The Hall–Kier alpha value is -2.04. The Labute approximate surface area is 130 Å². The maximum Gasteiger partial charge on any atom is 0.314 e. The van der Waals surface area contributed by atoms with Crippen LogP contribution in [0.2, 0.25) is 0 Å². The number of ketones is 1. The summed E-state index contributed by atoms with van der Waals surface area (Å²) in [5, 5.41) is 9.13. The number of hydrogen-bond donors (Lipinski definition) is 1. The highest BCUT2D eigenvalue weighted by Crippen LogP contribution is 2.33. The van der Waals surface area contributed by atoms with Gasteiger partial charge in [0.2, 0.25) is 0 Å². The van der Waals surface area contributed by atoms with E-state index >= 15 is 0 Å². The third-order valence-corrected chi connectivity index (χ3v) is 4.05. The lowest BCUT2D eigenvalue weighted by Gasteiger charge is -2.17. The van der Waals surface area contributed by atoms with Gasteiger partial charge in [0.25, 0.3) is 0 Å². The van der Waals surface area contributed by atoms with Gasteiger partial charge in [0, 0.05) is 0 Å². The summed E-state index contributed by atoms with van der Waals surface area (Å²) in [6, 6.07) is 5.33. The monoisotopic (exact) mass is 306 g/mol. The van der Waals surface area contributed by atoms with Gasteiger partial charge in [0.15, 0.2) is 11.5 Å². The summed E-state index contributed by atoms with van der Waals surface area (Å²) in [6.07, 6.45) is 4.73. The summed E-state index contributed by atoms with van der Waals surface area (Å²) in [5.74, 6) is -1.21. The van der Waals surface area contributed by atoms with Crippen molar-refractivity contribution >= 4 is 11.8 Å². The molecule has 120 valence electrons. The van der Waals surface area contributed by atoms with Crippen LogP contribution in [0.5, 0.6) is 11.5 Å². The van der Waals surface area contributed by atoms with E-state index in [9.17, 15) is 9.59 Å². The van der Waals surface area contributed by atoms with Gasteiger partial charge in [-0.05, 0) is 56.7 Å². The second kappa shape index (κ2) is 7.29. The van der Waals surface area contributed by atoms with E-state index in [0.717, 1.165) is 31.2 Å². The normalized spacial score (nSPS) is 16.3. The van der Waals surface area contributed by atoms with Gasteiger partial charge in [-0.25, -0.2) is 0 Å². The third-order valence-electron chi connectivity index (χ3n) is 4.05. The minimum absolute atomic E-state index is 0.162. The van der Waals surface area contributed by atoms with Crippen molar-refractivity contribution in [3.8, 4) is 11.5 Å². The molecule has 0 heterocycles. The maximum absolute atomic E-state index is 11.4. The molecule has 1 aliphatic carbocycles. The van der Waals surface area contributed by atoms with Crippen molar-refractivity contribution in [3.63, 3.8) is 0 Å². The van der Waals surface area contributed by atoms with Crippen LogP contribution in [-0.2, 0) is 16.0 Å². The van der Waals surface area contributed by atoms with Crippen molar-refractivity contribution in [2.45, 2.75) is 45.1 Å². The molecule has 1 saturated carbocycles. The summed E-state index contributed by atoms with van der Waals surface area (Å²) in [5.41, 5.74) is 0.761. The van der Waals surface area contributed by atoms with Crippen molar-refractivity contribution in [2.75, 3.05) is 7.11 Å². The van der Waals surface area contributed by atoms with Crippen molar-refractivity contribution < 1.29 is 24.2 Å². The van der Waals surface area contributed by atoms with Gasteiger partial charge in [-0.2, -0.15) is 0 Å². The summed E-state index contributed by atoms with van der Waals surface area (Å²) < 4.78 is 11.3. The number of carboxylic acids is 1. The lowest BCUT2D eigenvalue weighted by molar-refractivity contribution is -0.145. The Morgan fingerprint density at radius 2 is 1.95 bits per heavy atom. The number of hydrogen-bond acceptors (Lipinski definition) is 4. The molecule has 22 heavy (non-hydrogen) atoms. The lowest BCUT2D eigenvalue weighted by atomic mass is 9.96. The Kier molecular flexibility index (Phi) is 5.41. The molecule has 1 unspecified atom stereocenters. The molecule has 1 aliphatic rings. The molecule has 0 spiro atoms. The van der Waals surface area contributed by atoms with Crippen LogP contribution in [0.4, 0.5) is 0 Å². The van der Waals surface area contributed by atoms with Crippen molar-refractivity contribution in [1.29, 1.82) is 0 Å². The van der Waals surface area contributed by atoms with Crippen LogP contribution < -0.4 is 9.47 Å². The first kappa shape index (κ1) is 16.3. The molecule has 5 nitrogen and oxygen atoms in total. The molecule has 1 aromatic rings. The summed E-state index contributed by atoms with van der Waals surface area (Å²) in [4.78, 5) is 22.6. The first-order valence-corrected chi connectivity index (χ1v) is 7.58. The number of rotatable bonds is 7.